The van der Waals surface area contributed by atoms with Gasteiger partial charge in [-0.1, -0.05) is 65.9 Å². The Bertz CT molecular complexity index is 1320. The number of nitrogens with zero attached hydrogens (tertiary/aromatic N) is 4. The van der Waals surface area contributed by atoms with Crippen molar-refractivity contribution in [3.8, 4) is 0 Å². The van der Waals surface area contributed by atoms with Crippen LogP contribution in [0.2, 0.25) is 0 Å². The van der Waals surface area contributed by atoms with E-state index in [1.54, 1.807) is 40.7 Å². The zero-order chi connectivity index (χ0) is 26.9. The fraction of sp³-hybridized carbons (Fsp3) is 0.370. The lowest BCUT2D eigenvalue weighted by molar-refractivity contribution is -0.151. The second-order valence-electron chi connectivity index (χ2n) is 9.95. The lowest BCUT2D eigenvalue weighted by Gasteiger charge is -2.44. The molecule has 2 aliphatic rings. The lowest BCUT2D eigenvalue weighted by Crippen LogP contribution is -2.69. The van der Waals surface area contributed by atoms with Crippen LogP contribution < -0.4 is 10.6 Å². The summed E-state index contributed by atoms with van der Waals surface area (Å²) >= 11 is 1.67. The van der Waals surface area contributed by atoms with Gasteiger partial charge in [0.05, 0.1) is 18.4 Å². The minimum absolute atomic E-state index is 0.0704. The number of amides is 3. The van der Waals surface area contributed by atoms with Gasteiger partial charge in [0.2, 0.25) is 11.8 Å². The van der Waals surface area contributed by atoms with Gasteiger partial charge in [0.25, 0.3) is 0 Å². The molecule has 3 heterocycles. The van der Waals surface area contributed by atoms with Gasteiger partial charge in [-0.05, 0) is 31.9 Å². The van der Waals surface area contributed by atoms with Gasteiger partial charge < -0.3 is 20.3 Å². The molecule has 3 amide bonds. The first-order valence-corrected chi connectivity index (χ1v) is 13.3. The van der Waals surface area contributed by atoms with E-state index in [1.165, 1.54) is 6.20 Å². The van der Waals surface area contributed by atoms with Crippen molar-refractivity contribution in [3.63, 3.8) is 0 Å². The smallest absolute Gasteiger partial charge is 0.408 e. The number of carbonyl (C=O) groups is 3. The molecule has 38 heavy (non-hydrogen) atoms. The third kappa shape index (κ3) is 5.10. The van der Waals surface area contributed by atoms with E-state index in [4.69, 9.17) is 4.74 Å². The average Bonchev–Trinajstić information content (AvgIpc) is 3.44. The molecular weight excluding hydrogens is 504 g/mol. The first-order chi connectivity index (χ1) is 18.2. The zero-order valence-electron chi connectivity index (χ0n) is 21.4. The van der Waals surface area contributed by atoms with Crippen molar-refractivity contribution in [3.05, 3.63) is 83.7 Å². The van der Waals surface area contributed by atoms with Gasteiger partial charge in [-0.3, -0.25) is 9.59 Å². The monoisotopic (exact) mass is 534 g/mol. The molecule has 2 aliphatic heterocycles. The summed E-state index contributed by atoms with van der Waals surface area (Å²) in [6.45, 7) is 6.62. The van der Waals surface area contributed by atoms with Gasteiger partial charge in [-0.25, -0.2) is 9.48 Å². The quantitative estimate of drug-likeness (QED) is 0.427. The van der Waals surface area contributed by atoms with Crippen LogP contribution in [0, 0.1) is 0 Å². The fourth-order valence-corrected chi connectivity index (χ4v) is 6.32. The van der Waals surface area contributed by atoms with Gasteiger partial charge in [0.15, 0.2) is 0 Å². The van der Waals surface area contributed by atoms with Gasteiger partial charge in [0.1, 0.15) is 24.1 Å². The number of nitrogens with one attached hydrogen (secondary N) is 2. The maximum atomic E-state index is 13.4. The van der Waals surface area contributed by atoms with Crippen molar-refractivity contribution in [2.45, 2.75) is 62.2 Å². The number of thioether (sulfide) groups is 1. The molecule has 0 spiro atoms. The molecule has 1 aromatic heterocycles. The van der Waals surface area contributed by atoms with E-state index in [-0.39, 0.29) is 28.7 Å². The van der Waals surface area contributed by atoms with Crippen molar-refractivity contribution in [1.29, 1.82) is 0 Å². The number of alkyl carbamates (subject to hydrolysis) is 1. The summed E-state index contributed by atoms with van der Waals surface area (Å²) in [7, 11) is 0. The van der Waals surface area contributed by atoms with Crippen LogP contribution in [-0.2, 0) is 27.5 Å². The number of benzene rings is 2. The van der Waals surface area contributed by atoms with Crippen LogP contribution in [0.3, 0.4) is 0 Å². The topological polar surface area (TPSA) is 118 Å². The van der Waals surface area contributed by atoms with Crippen LogP contribution in [0.4, 0.5) is 4.79 Å². The minimum atomic E-state index is -1.03. The van der Waals surface area contributed by atoms with E-state index in [9.17, 15) is 14.4 Å². The molecule has 11 heteroatoms. The largest absolute Gasteiger partial charge is 0.443 e. The molecule has 0 bridgehead atoms. The SMILES string of the molecule is C[C@@H]1N2C(=O)[C@@H](NC(=O)[C@H](NC(=O)OCc3cnnn3Cc3ccccc3)c3ccccc3)[C@H]2SC1(C)C. The van der Waals surface area contributed by atoms with E-state index < -0.39 is 24.1 Å². The summed E-state index contributed by atoms with van der Waals surface area (Å²) in [5.74, 6) is -0.581. The molecule has 0 aliphatic carbocycles. The van der Waals surface area contributed by atoms with E-state index in [1.807, 2.05) is 48.2 Å². The molecule has 5 rings (SSSR count). The Hall–Kier alpha value is -3.86. The van der Waals surface area contributed by atoms with Crippen LogP contribution >= 0.6 is 11.8 Å². The van der Waals surface area contributed by atoms with E-state index in [2.05, 4.69) is 34.8 Å². The maximum Gasteiger partial charge on any atom is 0.408 e. The van der Waals surface area contributed by atoms with Crippen molar-refractivity contribution in [2.75, 3.05) is 0 Å². The molecule has 2 N–H and O–H groups in total. The predicted molar refractivity (Wildman–Crippen MR) is 142 cm³/mol. The third-order valence-electron chi connectivity index (χ3n) is 7.11. The van der Waals surface area contributed by atoms with Crippen LogP contribution in [0.1, 0.15) is 43.6 Å². The summed E-state index contributed by atoms with van der Waals surface area (Å²) in [5.41, 5.74) is 2.22. The molecule has 0 unspecified atom stereocenters. The van der Waals surface area contributed by atoms with Gasteiger partial charge >= 0.3 is 6.09 Å². The Morgan fingerprint density at radius 2 is 1.79 bits per heavy atom. The van der Waals surface area contributed by atoms with Gasteiger partial charge in [-0.2, -0.15) is 0 Å². The first kappa shape index (κ1) is 25.8. The molecule has 4 atom stereocenters. The number of ether oxygens (including phenoxy) is 1. The van der Waals surface area contributed by atoms with Crippen molar-refractivity contribution in [1.82, 2.24) is 30.5 Å². The third-order valence-corrected chi connectivity index (χ3v) is 8.80. The molecule has 0 radical (unpaired) electrons. The number of carbonyl (C=O) groups excluding carboxylic acids is 3. The lowest BCUT2D eigenvalue weighted by atomic mass is 9.97. The van der Waals surface area contributed by atoms with Crippen LogP contribution in [-0.4, -0.2) is 60.0 Å². The zero-order valence-corrected chi connectivity index (χ0v) is 22.2. The summed E-state index contributed by atoms with van der Waals surface area (Å²) < 4.78 is 6.98. The summed E-state index contributed by atoms with van der Waals surface area (Å²) in [6.07, 6.45) is 0.765. The highest BCUT2D eigenvalue weighted by Gasteiger charge is 2.60. The first-order valence-electron chi connectivity index (χ1n) is 12.4. The highest BCUT2D eigenvalue weighted by molar-refractivity contribution is 8.01. The molecule has 0 saturated carbocycles. The van der Waals surface area contributed by atoms with Gasteiger partial charge in [0, 0.05) is 10.8 Å². The molecule has 3 aromatic rings. The Morgan fingerprint density at radius 1 is 1.11 bits per heavy atom. The van der Waals surface area contributed by atoms with Crippen molar-refractivity contribution >= 4 is 29.7 Å². The Balaban J connectivity index is 1.23. The Morgan fingerprint density at radius 3 is 2.50 bits per heavy atom. The maximum absolute atomic E-state index is 13.4. The number of fused-ring (bicyclic) bond motifs is 1. The van der Waals surface area contributed by atoms with E-state index >= 15 is 0 Å². The molecular formula is C27H30N6O4S. The predicted octanol–water partition coefficient (Wildman–Crippen LogP) is 2.86. The highest BCUT2D eigenvalue weighted by Crippen LogP contribution is 2.50. The summed E-state index contributed by atoms with van der Waals surface area (Å²) in [6, 6.07) is 17.0. The van der Waals surface area contributed by atoms with E-state index in [0.29, 0.717) is 17.8 Å². The van der Waals surface area contributed by atoms with Crippen molar-refractivity contribution < 1.29 is 19.1 Å². The highest BCUT2D eigenvalue weighted by atomic mass is 32.2. The molecule has 10 nitrogen and oxygen atoms in total. The second kappa shape index (κ2) is 10.5. The van der Waals surface area contributed by atoms with Crippen LogP contribution in [0.25, 0.3) is 0 Å². The van der Waals surface area contributed by atoms with Crippen LogP contribution in [0.5, 0.6) is 0 Å². The number of rotatable bonds is 8. The summed E-state index contributed by atoms with van der Waals surface area (Å²) in [5, 5.41) is 13.4. The van der Waals surface area contributed by atoms with E-state index in [0.717, 1.165) is 5.56 Å². The minimum Gasteiger partial charge on any atom is -0.443 e. The number of β-lactam (4-membered cyclic amide) rings is 1. The average molecular weight is 535 g/mol. The Kier molecular flexibility index (Phi) is 7.11. The molecule has 198 valence electrons. The summed E-state index contributed by atoms with van der Waals surface area (Å²) in [4.78, 5) is 40.8. The number of hydrogen-bond acceptors (Lipinski definition) is 7. The standard InChI is InChI=1S/C27H30N6O4S/c1-17-27(2,3)38-25-22(24(35)33(17)25)29-23(34)21(19-12-8-5-9-13-19)30-26(36)37-16-20-14-28-31-32(20)15-18-10-6-4-7-11-18/h4-14,17,21-22,25H,15-16H2,1-3H3,(H,29,34)(H,30,36)/t17-,21+,22+,25+/m0/s1. The van der Waals surface area contributed by atoms with Crippen molar-refractivity contribution in [2.24, 2.45) is 0 Å². The van der Waals surface area contributed by atoms with Crippen LogP contribution in [0.15, 0.2) is 66.9 Å². The number of aromatic nitrogens is 3. The molecule has 2 aromatic carbocycles. The molecule has 2 saturated heterocycles. The fourth-order valence-electron chi connectivity index (χ4n) is 4.66. The second-order valence-corrected chi connectivity index (χ2v) is 11.7. The normalized spacial score (nSPS) is 22.2. The molecule has 2 fully saturated rings. The Labute approximate surface area is 225 Å². The number of hydrogen-bond donors (Lipinski definition) is 2. The van der Waals surface area contributed by atoms with Gasteiger partial charge in [-0.15, -0.1) is 16.9 Å².